The first-order valence-corrected chi connectivity index (χ1v) is 9.33. The number of amides is 1. The van der Waals surface area contributed by atoms with Gasteiger partial charge in [0.15, 0.2) is 0 Å². The lowest BCUT2D eigenvalue weighted by Crippen LogP contribution is -2.42. The molecule has 0 saturated carbocycles. The molecule has 1 amide bonds. The molecule has 0 bridgehead atoms. The standard InChI is InChI=1S/C21H23ClFNO2/c22-19-9-4-10-20(23)18(19)12-21(25)24-11-5-8-17(13-24)15-26-14-16-6-2-1-3-7-16/h1-4,6-7,9-10,17H,5,8,11-15H2. The Labute approximate surface area is 158 Å². The number of rotatable bonds is 6. The molecule has 138 valence electrons. The minimum Gasteiger partial charge on any atom is -0.376 e. The number of carbonyl (C=O) groups is 1. The molecule has 1 fully saturated rings. The van der Waals surface area contributed by atoms with Crippen LogP contribution >= 0.6 is 11.6 Å². The Hall–Kier alpha value is -1.91. The molecule has 0 N–H and O–H groups in total. The fourth-order valence-corrected chi connectivity index (χ4v) is 3.54. The van der Waals surface area contributed by atoms with Gasteiger partial charge in [0.25, 0.3) is 0 Å². The van der Waals surface area contributed by atoms with Crippen molar-refractivity contribution in [2.45, 2.75) is 25.9 Å². The van der Waals surface area contributed by atoms with Crippen LogP contribution in [-0.4, -0.2) is 30.5 Å². The number of ether oxygens (including phenoxy) is 1. The van der Waals surface area contributed by atoms with Crippen LogP contribution in [0.25, 0.3) is 0 Å². The van der Waals surface area contributed by atoms with E-state index in [-0.39, 0.29) is 17.9 Å². The molecular weight excluding hydrogens is 353 g/mol. The molecule has 2 aromatic carbocycles. The summed E-state index contributed by atoms with van der Waals surface area (Å²) in [5.41, 5.74) is 1.42. The van der Waals surface area contributed by atoms with E-state index in [1.54, 1.807) is 12.1 Å². The minimum absolute atomic E-state index is 0.00307. The molecule has 0 aliphatic carbocycles. The predicted octanol–water partition coefficient (Wildman–Crippen LogP) is 4.48. The van der Waals surface area contributed by atoms with Crippen molar-refractivity contribution in [2.24, 2.45) is 5.92 Å². The van der Waals surface area contributed by atoms with Gasteiger partial charge in [0, 0.05) is 23.7 Å². The Kier molecular flexibility index (Phi) is 6.64. The maximum absolute atomic E-state index is 13.9. The molecule has 1 heterocycles. The second kappa shape index (κ2) is 9.15. The minimum atomic E-state index is -0.425. The first-order valence-electron chi connectivity index (χ1n) is 8.96. The molecule has 0 spiro atoms. The van der Waals surface area contributed by atoms with E-state index in [0.717, 1.165) is 18.4 Å². The zero-order valence-corrected chi connectivity index (χ0v) is 15.4. The number of nitrogens with zero attached hydrogens (tertiary/aromatic N) is 1. The second-order valence-electron chi connectivity index (χ2n) is 6.73. The van der Waals surface area contributed by atoms with Crippen molar-refractivity contribution < 1.29 is 13.9 Å². The fraction of sp³-hybridized carbons (Fsp3) is 0.381. The number of hydrogen-bond donors (Lipinski definition) is 0. The summed E-state index contributed by atoms with van der Waals surface area (Å²) in [6, 6.07) is 14.5. The monoisotopic (exact) mass is 375 g/mol. The SMILES string of the molecule is O=C(Cc1c(F)cccc1Cl)N1CCCC(COCc2ccccc2)C1. The van der Waals surface area contributed by atoms with Crippen LogP contribution in [0.15, 0.2) is 48.5 Å². The molecule has 3 nitrogen and oxygen atoms in total. The van der Waals surface area contributed by atoms with Gasteiger partial charge in [-0.25, -0.2) is 4.39 Å². The predicted molar refractivity (Wildman–Crippen MR) is 101 cm³/mol. The van der Waals surface area contributed by atoms with E-state index in [0.29, 0.717) is 37.2 Å². The Morgan fingerprint density at radius 1 is 1.19 bits per heavy atom. The van der Waals surface area contributed by atoms with Crippen molar-refractivity contribution in [1.82, 2.24) is 4.90 Å². The molecule has 26 heavy (non-hydrogen) atoms. The van der Waals surface area contributed by atoms with Crippen LogP contribution in [0.3, 0.4) is 0 Å². The molecule has 1 unspecified atom stereocenters. The van der Waals surface area contributed by atoms with Crippen molar-refractivity contribution in [3.05, 3.63) is 70.5 Å². The molecule has 2 aromatic rings. The van der Waals surface area contributed by atoms with Crippen LogP contribution in [0.5, 0.6) is 0 Å². The van der Waals surface area contributed by atoms with E-state index in [2.05, 4.69) is 0 Å². The normalized spacial score (nSPS) is 17.3. The smallest absolute Gasteiger partial charge is 0.227 e. The largest absolute Gasteiger partial charge is 0.376 e. The average molecular weight is 376 g/mol. The highest BCUT2D eigenvalue weighted by Crippen LogP contribution is 2.22. The van der Waals surface area contributed by atoms with E-state index in [1.165, 1.54) is 6.07 Å². The highest BCUT2D eigenvalue weighted by molar-refractivity contribution is 6.31. The van der Waals surface area contributed by atoms with Crippen molar-refractivity contribution in [1.29, 1.82) is 0 Å². The summed E-state index contributed by atoms with van der Waals surface area (Å²) in [5.74, 6) is -0.192. The van der Waals surface area contributed by atoms with Crippen molar-refractivity contribution >= 4 is 17.5 Å². The molecule has 1 aliphatic rings. The average Bonchev–Trinajstić information content (AvgIpc) is 2.66. The van der Waals surface area contributed by atoms with Crippen LogP contribution in [0.1, 0.15) is 24.0 Å². The molecule has 1 aliphatic heterocycles. The number of hydrogen-bond acceptors (Lipinski definition) is 2. The van der Waals surface area contributed by atoms with Gasteiger partial charge >= 0.3 is 0 Å². The van der Waals surface area contributed by atoms with E-state index >= 15 is 0 Å². The lowest BCUT2D eigenvalue weighted by atomic mass is 9.98. The molecule has 0 radical (unpaired) electrons. The van der Waals surface area contributed by atoms with Crippen LogP contribution in [0, 0.1) is 11.7 Å². The number of carbonyl (C=O) groups excluding carboxylic acids is 1. The van der Waals surface area contributed by atoms with Gasteiger partial charge in [-0.05, 0) is 36.5 Å². The van der Waals surface area contributed by atoms with Gasteiger partial charge in [-0.2, -0.15) is 0 Å². The second-order valence-corrected chi connectivity index (χ2v) is 7.13. The van der Waals surface area contributed by atoms with Crippen LogP contribution in [0.2, 0.25) is 5.02 Å². The van der Waals surface area contributed by atoms with E-state index in [9.17, 15) is 9.18 Å². The third-order valence-electron chi connectivity index (χ3n) is 4.73. The van der Waals surface area contributed by atoms with Gasteiger partial charge in [0.05, 0.1) is 19.6 Å². The zero-order chi connectivity index (χ0) is 18.4. The molecular formula is C21H23ClFNO2. The number of likely N-dealkylation sites (tertiary alicyclic amines) is 1. The third-order valence-corrected chi connectivity index (χ3v) is 5.08. The summed E-state index contributed by atoms with van der Waals surface area (Å²) in [6.45, 7) is 2.56. The van der Waals surface area contributed by atoms with Crippen molar-refractivity contribution in [2.75, 3.05) is 19.7 Å². The third kappa shape index (κ3) is 5.05. The molecule has 0 aromatic heterocycles. The van der Waals surface area contributed by atoms with Crippen molar-refractivity contribution in [3.63, 3.8) is 0 Å². The zero-order valence-electron chi connectivity index (χ0n) is 14.7. The van der Waals surface area contributed by atoms with Gasteiger partial charge < -0.3 is 9.64 Å². The van der Waals surface area contributed by atoms with Crippen LogP contribution in [-0.2, 0) is 22.6 Å². The molecule has 1 atom stereocenters. The van der Waals surface area contributed by atoms with Gasteiger partial charge in [-0.3, -0.25) is 4.79 Å². The van der Waals surface area contributed by atoms with Crippen molar-refractivity contribution in [3.8, 4) is 0 Å². The Morgan fingerprint density at radius 3 is 2.77 bits per heavy atom. The topological polar surface area (TPSA) is 29.5 Å². The Morgan fingerprint density at radius 2 is 2.00 bits per heavy atom. The summed E-state index contributed by atoms with van der Waals surface area (Å²) in [6.07, 6.45) is 1.98. The van der Waals surface area contributed by atoms with E-state index < -0.39 is 5.82 Å². The Bertz CT molecular complexity index is 718. The first kappa shape index (κ1) is 18.9. The van der Waals surface area contributed by atoms with E-state index in [1.807, 2.05) is 35.2 Å². The first-order chi connectivity index (χ1) is 12.6. The number of benzene rings is 2. The van der Waals surface area contributed by atoms with Crippen LogP contribution in [0.4, 0.5) is 4.39 Å². The number of halogens is 2. The highest BCUT2D eigenvalue weighted by atomic mass is 35.5. The summed E-state index contributed by atoms with van der Waals surface area (Å²) in [4.78, 5) is 14.4. The Balaban J connectivity index is 1.50. The summed E-state index contributed by atoms with van der Waals surface area (Å²) in [7, 11) is 0. The highest BCUT2D eigenvalue weighted by Gasteiger charge is 2.25. The summed E-state index contributed by atoms with van der Waals surface area (Å²) in [5, 5.41) is 0.304. The summed E-state index contributed by atoms with van der Waals surface area (Å²) < 4.78 is 19.7. The fourth-order valence-electron chi connectivity index (χ4n) is 3.31. The maximum atomic E-state index is 13.9. The van der Waals surface area contributed by atoms with Gasteiger partial charge in [-0.1, -0.05) is 48.0 Å². The molecule has 1 saturated heterocycles. The van der Waals surface area contributed by atoms with Gasteiger partial charge in [-0.15, -0.1) is 0 Å². The number of piperidine rings is 1. The lowest BCUT2D eigenvalue weighted by Gasteiger charge is -2.33. The van der Waals surface area contributed by atoms with Gasteiger partial charge in [0.1, 0.15) is 5.82 Å². The van der Waals surface area contributed by atoms with Crippen LogP contribution < -0.4 is 0 Å². The lowest BCUT2D eigenvalue weighted by molar-refractivity contribution is -0.132. The quantitative estimate of drug-likeness (QED) is 0.745. The maximum Gasteiger partial charge on any atom is 0.227 e. The van der Waals surface area contributed by atoms with Gasteiger partial charge in [0.2, 0.25) is 5.91 Å². The van der Waals surface area contributed by atoms with E-state index in [4.69, 9.17) is 16.3 Å². The summed E-state index contributed by atoms with van der Waals surface area (Å²) >= 11 is 6.04. The molecule has 3 rings (SSSR count). The molecule has 5 heteroatoms.